The summed E-state index contributed by atoms with van der Waals surface area (Å²) in [5.74, 6) is -1.40. The first-order valence-electron chi connectivity index (χ1n) is 7.04. The number of carbonyl (C=O) groups excluding carboxylic acids is 2. The van der Waals surface area contributed by atoms with Gasteiger partial charge in [-0.15, -0.1) is 22.7 Å². The van der Waals surface area contributed by atoms with Gasteiger partial charge in [-0.05, 0) is 17.0 Å². The maximum Gasteiger partial charge on any atom is 0.230 e. The number of quaternary nitrogens is 1. The molecular formula is C15H16N2O3S2. The van der Waals surface area contributed by atoms with Crippen molar-refractivity contribution in [1.82, 2.24) is 0 Å². The minimum atomic E-state index is -1.21. The monoisotopic (exact) mass is 336 g/mol. The van der Waals surface area contributed by atoms with Crippen molar-refractivity contribution in [1.29, 1.82) is 0 Å². The van der Waals surface area contributed by atoms with E-state index in [9.17, 15) is 14.7 Å². The fourth-order valence-corrected chi connectivity index (χ4v) is 4.74. The second-order valence-electron chi connectivity index (χ2n) is 5.43. The molecule has 1 aliphatic heterocycles. The molecule has 0 aliphatic carbocycles. The second kappa shape index (κ2) is 6.20. The fraction of sp³-hybridized carbons (Fsp3) is 0.333. The molecule has 3 rings (SSSR count). The highest BCUT2D eigenvalue weighted by Gasteiger charge is 2.26. The van der Waals surface area contributed by atoms with Crippen LogP contribution in [-0.4, -0.2) is 25.5 Å². The summed E-state index contributed by atoms with van der Waals surface area (Å²) < 4.78 is 0. The van der Waals surface area contributed by atoms with Gasteiger partial charge in [0, 0.05) is 16.9 Å². The number of aromatic carboxylic acids is 1. The summed E-state index contributed by atoms with van der Waals surface area (Å²) >= 11 is 2.88. The Labute approximate surface area is 136 Å². The summed E-state index contributed by atoms with van der Waals surface area (Å²) in [6.45, 7) is 1.69. The lowest BCUT2D eigenvalue weighted by atomic mass is 10.0. The lowest BCUT2D eigenvalue weighted by molar-refractivity contribution is -0.895. The molecule has 0 bridgehead atoms. The molecule has 0 radical (unpaired) electrons. The van der Waals surface area contributed by atoms with Crippen LogP contribution in [0, 0.1) is 0 Å². The maximum absolute atomic E-state index is 12.1. The predicted molar refractivity (Wildman–Crippen MR) is 84.5 cm³/mol. The molecule has 1 aliphatic rings. The topological polar surface area (TPSA) is 73.7 Å². The first-order chi connectivity index (χ1) is 10.5. The van der Waals surface area contributed by atoms with Gasteiger partial charge in [0.15, 0.2) is 0 Å². The standard InChI is InChI=1S/C15H16N2O3S2/c1-17-5-4-10-11(8-17)22-14(13(10)15(19)20)16-12(18)7-9-3-2-6-21-9/h2-3,6H,4-5,7-8H2,1H3,(H,16,18)(H,19,20). The smallest absolute Gasteiger partial charge is 0.230 e. The number of carboxylic acid groups (broad SMARTS) is 1. The maximum atomic E-state index is 12.1. The quantitative estimate of drug-likeness (QED) is 0.821. The number of amides is 1. The van der Waals surface area contributed by atoms with Gasteiger partial charge < -0.3 is 20.1 Å². The lowest BCUT2D eigenvalue weighted by Gasteiger charge is -2.20. The highest BCUT2D eigenvalue weighted by molar-refractivity contribution is 7.17. The Balaban J connectivity index is 1.84. The van der Waals surface area contributed by atoms with Gasteiger partial charge in [0.1, 0.15) is 11.5 Å². The van der Waals surface area contributed by atoms with E-state index in [-0.39, 0.29) is 17.9 Å². The normalized spacial score (nSPS) is 17.0. The Morgan fingerprint density at radius 2 is 2.27 bits per heavy atom. The Kier molecular flexibility index (Phi) is 4.28. The molecule has 2 aromatic heterocycles. The van der Waals surface area contributed by atoms with Crippen molar-refractivity contribution in [2.24, 2.45) is 0 Å². The summed E-state index contributed by atoms with van der Waals surface area (Å²) in [6, 6.07) is 3.78. The highest BCUT2D eigenvalue weighted by atomic mass is 32.1. The van der Waals surface area contributed by atoms with E-state index >= 15 is 0 Å². The zero-order valence-corrected chi connectivity index (χ0v) is 13.7. The molecule has 1 atom stereocenters. The van der Waals surface area contributed by atoms with E-state index in [4.69, 9.17) is 0 Å². The van der Waals surface area contributed by atoms with Gasteiger partial charge in [0.25, 0.3) is 0 Å². The van der Waals surface area contributed by atoms with Crippen LogP contribution in [0.25, 0.3) is 0 Å². The molecule has 3 heterocycles. The number of hydrogen-bond acceptors (Lipinski definition) is 5. The van der Waals surface area contributed by atoms with Crippen molar-refractivity contribution in [2.45, 2.75) is 19.4 Å². The zero-order valence-electron chi connectivity index (χ0n) is 12.1. The molecule has 0 spiro atoms. The number of likely N-dealkylation sites (N-methyl/N-ethyl adjacent to an activating group) is 1. The summed E-state index contributed by atoms with van der Waals surface area (Å²) in [5.41, 5.74) is 1.01. The highest BCUT2D eigenvalue weighted by Crippen LogP contribution is 2.34. The molecular weight excluding hydrogens is 320 g/mol. The number of fused-ring (bicyclic) bond motifs is 1. The van der Waals surface area contributed by atoms with Gasteiger partial charge in [-0.2, -0.15) is 0 Å². The molecule has 0 saturated carbocycles. The molecule has 2 aromatic rings. The molecule has 116 valence electrons. The van der Waals surface area contributed by atoms with E-state index in [0.29, 0.717) is 11.4 Å². The van der Waals surface area contributed by atoms with Crippen LogP contribution >= 0.6 is 22.7 Å². The first-order valence-corrected chi connectivity index (χ1v) is 8.73. The molecule has 1 unspecified atom stereocenters. The predicted octanol–water partition coefficient (Wildman–Crippen LogP) is -0.0749. The van der Waals surface area contributed by atoms with Gasteiger partial charge in [0.05, 0.1) is 30.9 Å². The van der Waals surface area contributed by atoms with Gasteiger partial charge in [0.2, 0.25) is 5.91 Å². The molecule has 0 saturated heterocycles. The van der Waals surface area contributed by atoms with Crippen LogP contribution in [0.3, 0.4) is 0 Å². The van der Waals surface area contributed by atoms with Gasteiger partial charge in [-0.1, -0.05) is 6.07 Å². The summed E-state index contributed by atoms with van der Waals surface area (Å²) in [5, 5.41) is 16.6. The third-order valence-electron chi connectivity index (χ3n) is 3.73. The van der Waals surface area contributed by atoms with Crippen LogP contribution in [0.4, 0.5) is 5.00 Å². The van der Waals surface area contributed by atoms with E-state index < -0.39 is 5.97 Å². The lowest BCUT2D eigenvalue weighted by Crippen LogP contribution is -3.08. The summed E-state index contributed by atoms with van der Waals surface area (Å²) in [6.07, 6.45) is 0.972. The van der Waals surface area contributed by atoms with E-state index in [1.165, 1.54) is 27.6 Å². The molecule has 0 aromatic carbocycles. The van der Waals surface area contributed by atoms with E-state index in [1.54, 1.807) is 0 Å². The van der Waals surface area contributed by atoms with Crippen molar-refractivity contribution in [3.05, 3.63) is 38.4 Å². The number of thiophene rings is 2. The number of anilines is 1. The average molecular weight is 336 g/mol. The third kappa shape index (κ3) is 3.06. The zero-order chi connectivity index (χ0) is 15.7. The van der Waals surface area contributed by atoms with Crippen LogP contribution < -0.4 is 15.3 Å². The van der Waals surface area contributed by atoms with Gasteiger partial charge >= 0.3 is 0 Å². The van der Waals surface area contributed by atoms with Gasteiger partial charge in [-0.3, -0.25) is 4.79 Å². The molecule has 7 heteroatoms. The second-order valence-corrected chi connectivity index (χ2v) is 7.57. The Morgan fingerprint density at radius 3 is 2.95 bits per heavy atom. The van der Waals surface area contributed by atoms with Crippen molar-refractivity contribution < 1.29 is 19.6 Å². The first kappa shape index (κ1) is 15.2. The number of carboxylic acids is 1. The molecule has 2 N–H and O–H groups in total. The van der Waals surface area contributed by atoms with Crippen molar-refractivity contribution in [3.63, 3.8) is 0 Å². The van der Waals surface area contributed by atoms with Crippen LogP contribution in [-0.2, 0) is 24.2 Å². The molecule has 5 nitrogen and oxygen atoms in total. The van der Waals surface area contributed by atoms with Crippen LogP contribution in [0.1, 0.15) is 25.7 Å². The van der Waals surface area contributed by atoms with E-state index in [0.717, 1.165) is 28.4 Å². The summed E-state index contributed by atoms with van der Waals surface area (Å²) in [4.78, 5) is 26.9. The number of hydrogen-bond donors (Lipinski definition) is 2. The van der Waals surface area contributed by atoms with Crippen LogP contribution in [0.2, 0.25) is 0 Å². The minimum absolute atomic E-state index is 0.173. The number of nitrogens with one attached hydrogen (secondary N) is 2. The van der Waals surface area contributed by atoms with Crippen LogP contribution in [0.15, 0.2) is 17.5 Å². The summed E-state index contributed by atoms with van der Waals surface area (Å²) in [7, 11) is 2.08. The molecule has 1 amide bonds. The Morgan fingerprint density at radius 1 is 1.45 bits per heavy atom. The van der Waals surface area contributed by atoms with Crippen LogP contribution in [0.5, 0.6) is 0 Å². The minimum Gasteiger partial charge on any atom is -0.545 e. The Bertz CT molecular complexity index is 707. The Hall–Kier alpha value is -1.70. The number of rotatable bonds is 4. The average Bonchev–Trinajstić information content (AvgIpc) is 3.04. The molecule has 0 fully saturated rings. The third-order valence-corrected chi connectivity index (χ3v) is 5.75. The molecule has 22 heavy (non-hydrogen) atoms. The fourth-order valence-electron chi connectivity index (χ4n) is 2.67. The van der Waals surface area contributed by atoms with Crippen molar-refractivity contribution in [2.75, 3.05) is 18.9 Å². The SMILES string of the molecule is C[NH+]1CCc2c(sc(NC(=O)Cc3cccs3)c2C(=O)[O-])C1. The largest absolute Gasteiger partial charge is 0.545 e. The van der Waals surface area contributed by atoms with E-state index in [1.807, 2.05) is 17.5 Å². The van der Waals surface area contributed by atoms with Crippen molar-refractivity contribution >= 4 is 39.6 Å². The van der Waals surface area contributed by atoms with Crippen molar-refractivity contribution in [3.8, 4) is 0 Å². The van der Waals surface area contributed by atoms with E-state index in [2.05, 4.69) is 12.4 Å². The van der Waals surface area contributed by atoms with Gasteiger partial charge in [-0.25, -0.2) is 0 Å². The number of carbonyl (C=O) groups is 2.